The highest BCUT2D eigenvalue weighted by Gasteiger charge is 2.32. The minimum Gasteiger partial charge on any atom is -0.442 e. The summed E-state index contributed by atoms with van der Waals surface area (Å²) in [6, 6.07) is 9.29. The fourth-order valence-electron chi connectivity index (χ4n) is 3.65. The normalized spacial score (nSPS) is 15.3. The number of hydrogen-bond donors (Lipinski definition) is 3. The standard InChI is InChI=1S/C22H19FN8O4/c1-12(32)24-8-15-9-31(22(34)35-15)14-3-5-20(16(23)7-14)30-10-19(25-11-30)21(33)26-13-2-4-17-18(6-13)28-29-27-17/h2-7,10-11,15H,8-9H2,1H3,(H,24,32)(H,26,33)(H,27,28,29)/t15-/m0/s1. The molecule has 178 valence electrons. The molecule has 5 rings (SSSR count). The van der Waals surface area contributed by atoms with Crippen LogP contribution in [-0.4, -0.2) is 62.1 Å². The van der Waals surface area contributed by atoms with E-state index in [1.165, 1.54) is 41.0 Å². The van der Waals surface area contributed by atoms with Crippen LogP contribution in [0.4, 0.5) is 20.6 Å². The van der Waals surface area contributed by atoms with Crippen molar-refractivity contribution in [1.29, 1.82) is 0 Å². The summed E-state index contributed by atoms with van der Waals surface area (Å²) in [5.74, 6) is -1.34. The van der Waals surface area contributed by atoms with Crippen molar-refractivity contribution in [2.45, 2.75) is 13.0 Å². The summed E-state index contributed by atoms with van der Waals surface area (Å²) in [4.78, 5) is 41.2. The minimum absolute atomic E-state index is 0.0812. The second kappa shape index (κ2) is 8.85. The lowest BCUT2D eigenvalue weighted by Gasteiger charge is -2.14. The minimum atomic E-state index is -0.627. The van der Waals surface area contributed by atoms with Gasteiger partial charge in [-0.3, -0.25) is 14.5 Å². The Morgan fingerprint density at radius 3 is 2.83 bits per heavy atom. The monoisotopic (exact) mass is 478 g/mol. The third kappa shape index (κ3) is 4.51. The van der Waals surface area contributed by atoms with Crippen LogP contribution in [-0.2, 0) is 9.53 Å². The molecule has 1 saturated heterocycles. The first kappa shape index (κ1) is 22.0. The third-order valence-corrected chi connectivity index (χ3v) is 5.36. The highest BCUT2D eigenvalue weighted by Crippen LogP contribution is 2.26. The Hall–Kier alpha value is -4.81. The van der Waals surface area contributed by atoms with E-state index >= 15 is 0 Å². The number of rotatable bonds is 6. The van der Waals surface area contributed by atoms with Crippen molar-refractivity contribution in [1.82, 2.24) is 30.3 Å². The zero-order valence-electron chi connectivity index (χ0n) is 18.4. The summed E-state index contributed by atoms with van der Waals surface area (Å²) in [5, 5.41) is 15.7. The topological polar surface area (TPSA) is 147 Å². The predicted molar refractivity (Wildman–Crippen MR) is 122 cm³/mol. The number of halogens is 1. The van der Waals surface area contributed by atoms with E-state index in [1.54, 1.807) is 24.3 Å². The van der Waals surface area contributed by atoms with Crippen molar-refractivity contribution in [2.75, 3.05) is 23.3 Å². The first-order valence-corrected chi connectivity index (χ1v) is 10.6. The summed E-state index contributed by atoms with van der Waals surface area (Å²) >= 11 is 0. The van der Waals surface area contributed by atoms with Crippen molar-refractivity contribution in [3.63, 3.8) is 0 Å². The van der Waals surface area contributed by atoms with Gasteiger partial charge in [-0.05, 0) is 36.4 Å². The number of amides is 3. The van der Waals surface area contributed by atoms with Crippen molar-refractivity contribution in [3.8, 4) is 5.69 Å². The van der Waals surface area contributed by atoms with Crippen molar-refractivity contribution < 1.29 is 23.5 Å². The molecule has 3 amide bonds. The van der Waals surface area contributed by atoms with Gasteiger partial charge in [0.05, 0.1) is 24.5 Å². The SMILES string of the molecule is CC(=O)NC[C@H]1CN(c2ccc(-n3cnc(C(=O)Nc4ccc5n[nH]nc5c4)c3)c(F)c2)C(=O)O1. The van der Waals surface area contributed by atoms with Crippen molar-refractivity contribution >= 4 is 40.3 Å². The smallest absolute Gasteiger partial charge is 0.414 e. The maximum atomic E-state index is 14.9. The molecule has 2 aromatic heterocycles. The average molecular weight is 478 g/mol. The Balaban J connectivity index is 1.28. The lowest BCUT2D eigenvalue weighted by Crippen LogP contribution is -2.33. The third-order valence-electron chi connectivity index (χ3n) is 5.36. The molecule has 2 aromatic carbocycles. The van der Waals surface area contributed by atoms with Crippen LogP contribution < -0.4 is 15.5 Å². The van der Waals surface area contributed by atoms with Crippen LogP contribution in [0.15, 0.2) is 48.9 Å². The van der Waals surface area contributed by atoms with Gasteiger partial charge >= 0.3 is 6.09 Å². The number of benzene rings is 2. The molecule has 1 atom stereocenters. The average Bonchev–Trinajstić information content (AvgIpc) is 3.57. The molecule has 12 nitrogen and oxygen atoms in total. The molecule has 1 fully saturated rings. The molecular formula is C22H19FN8O4. The number of nitrogens with one attached hydrogen (secondary N) is 3. The van der Waals surface area contributed by atoms with Crippen molar-refractivity contribution in [2.24, 2.45) is 0 Å². The van der Waals surface area contributed by atoms with Gasteiger partial charge in [-0.25, -0.2) is 14.2 Å². The maximum Gasteiger partial charge on any atom is 0.414 e. The lowest BCUT2D eigenvalue weighted by atomic mass is 10.2. The molecule has 35 heavy (non-hydrogen) atoms. The Morgan fingerprint density at radius 1 is 1.20 bits per heavy atom. The quantitative estimate of drug-likeness (QED) is 0.384. The van der Waals surface area contributed by atoms with Crippen LogP contribution in [0.5, 0.6) is 0 Å². The van der Waals surface area contributed by atoms with Gasteiger partial charge in [-0.15, -0.1) is 0 Å². The summed E-state index contributed by atoms with van der Waals surface area (Å²) in [6.45, 7) is 1.71. The Morgan fingerprint density at radius 2 is 2.03 bits per heavy atom. The Bertz CT molecular complexity index is 1450. The highest BCUT2D eigenvalue weighted by atomic mass is 19.1. The van der Waals surface area contributed by atoms with Crippen LogP contribution in [0.25, 0.3) is 16.7 Å². The summed E-state index contributed by atoms with van der Waals surface area (Å²) < 4.78 is 21.5. The fourth-order valence-corrected chi connectivity index (χ4v) is 3.65. The van der Waals surface area contributed by atoms with E-state index in [-0.39, 0.29) is 30.4 Å². The van der Waals surface area contributed by atoms with Gasteiger partial charge in [0, 0.05) is 18.8 Å². The number of cyclic esters (lactones) is 1. The fraction of sp³-hybridized carbons (Fsp3) is 0.182. The number of carbonyl (C=O) groups excluding carboxylic acids is 3. The van der Waals surface area contributed by atoms with Gasteiger partial charge in [0.25, 0.3) is 5.91 Å². The molecule has 1 aliphatic rings. The molecule has 3 N–H and O–H groups in total. The van der Waals surface area contributed by atoms with E-state index in [0.29, 0.717) is 22.4 Å². The van der Waals surface area contributed by atoms with Crippen LogP contribution >= 0.6 is 0 Å². The first-order chi connectivity index (χ1) is 16.9. The number of H-pyrrole nitrogens is 1. The number of imidazole rings is 1. The van der Waals surface area contributed by atoms with E-state index in [1.807, 2.05) is 0 Å². The molecule has 0 aliphatic carbocycles. The Labute approximate surface area is 197 Å². The summed E-state index contributed by atoms with van der Waals surface area (Å²) in [7, 11) is 0. The van der Waals surface area contributed by atoms with Gasteiger partial charge in [0.1, 0.15) is 35.0 Å². The Kier molecular flexibility index (Phi) is 5.57. The predicted octanol–water partition coefficient (Wildman–Crippen LogP) is 2.00. The number of ether oxygens (including phenoxy) is 1. The van der Waals surface area contributed by atoms with Gasteiger partial charge in [-0.1, -0.05) is 0 Å². The molecule has 1 aliphatic heterocycles. The van der Waals surface area contributed by atoms with Crippen LogP contribution in [0.1, 0.15) is 17.4 Å². The number of carbonyl (C=O) groups is 3. The van der Waals surface area contributed by atoms with E-state index in [0.717, 1.165) is 0 Å². The highest BCUT2D eigenvalue weighted by molar-refractivity contribution is 6.03. The van der Waals surface area contributed by atoms with E-state index in [9.17, 15) is 18.8 Å². The van der Waals surface area contributed by atoms with Crippen molar-refractivity contribution in [3.05, 3.63) is 60.4 Å². The number of fused-ring (bicyclic) bond motifs is 1. The zero-order valence-corrected chi connectivity index (χ0v) is 18.4. The lowest BCUT2D eigenvalue weighted by molar-refractivity contribution is -0.119. The molecule has 0 bridgehead atoms. The molecule has 0 saturated carbocycles. The number of hydrogen-bond acceptors (Lipinski definition) is 7. The van der Waals surface area contributed by atoms with Gasteiger partial charge in [-0.2, -0.15) is 15.4 Å². The number of anilines is 2. The van der Waals surface area contributed by atoms with E-state index in [4.69, 9.17) is 4.74 Å². The van der Waals surface area contributed by atoms with E-state index < -0.39 is 23.9 Å². The summed E-state index contributed by atoms with van der Waals surface area (Å²) in [6.07, 6.45) is 1.56. The largest absolute Gasteiger partial charge is 0.442 e. The molecule has 0 spiro atoms. The number of aromatic nitrogens is 5. The molecule has 3 heterocycles. The molecule has 0 unspecified atom stereocenters. The number of nitrogens with zero attached hydrogens (tertiary/aromatic N) is 5. The first-order valence-electron chi connectivity index (χ1n) is 10.6. The second-order valence-corrected chi connectivity index (χ2v) is 7.84. The molecule has 4 aromatic rings. The molecular weight excluding hydrogens is 459 g/mol. The van der Waals surface area contributed by atoms with Crippen LogP contribution in [0.2, 0.25) is 0 Å². The zero-order chi connectivity index (χ0) is 24.5. The molecule has 0 radical (unpaired) electrons. The number of aromatic amines is 1. The second-order valence-electron chi connectivity index (χ2n) is 7.84. The van der Waals surface area contributed by atoms with Gasteiger partial charge in [0.2, 0.25) is 5.91 Å². The molecule has 13 heteroatoms. The van der Waals surface area contributed by atoms with E-state index in [2.05, 4.69) is 31.0 Å². The summed E-state index contributed by atoms with van der Waals surface area (Å²) in [5.41, 5.74) is 2.30. The van der Waals surface area contributed by atoms with Gasteiger partial charge < -0.3 is 19.9 Å². The van der Waals surface area contributed by atoms with Gasteiger partial charge in [0.15, 0.2) is 0 Å². The van der Waals surface area contributed by atoms with Crippen LogP contribution in [0.3, 0.4) is 0 Å². The maximum absolute atomic E-state index is 14.9. The van der Waals surface area contributed by atoms with Crippen LogP contribution in [0, 0.1) is 5.82 Å².